The fourth-order valence-corrected chi connectivity index (χ4v) is 5.46. The maximum Gasteiger partial charge on any atom is 0.359 e. The highest BCUT2D eigenvalue weighted by atomic mass is 32.2. The molecular weight excluding hydrogens is 516 g/mol. The number of sulfonamides is 1. The number of imidazole rings is 1. The molecule has 0 saturated heterocycles. The van der Waals surface area contributed by atoms with Crippen LogP contribution in [-0.2, 0) is 27.7 Å². The first-order valence-electron chi connectivity index (χ1n) is 12.6. The number of ether oxygens (including phenoxy) is 1. The minimum Gasteiger partial charge on any atom is -0.465 e. The molecule has 0 atom stereocenters. The monoisotopic (exact) mass is 548 g/mol. The maximum absolute atomic E-state index is 12.5. The number of aromatic nitrogens is 2. The van der Waals surface area contributed by atoms with E-state index in [0.717, 1.165) is 52.1 Å². The third kappa shape index (κ3) is 5.96. The predicted molar refractivity (Wildman–Crippen MR) is 152 cm³/mol. The van der Waals surface area contributed by atoms with E-state index in [9.17, 15) is 18.0 Å². The molecule has 39 heavy (non-hydrogen) atoms. The number of nitrogens with one attached hydrogen (secondary N) is 1. The van der Waals surface area contributed by atoms with E-state index in [1.807, 2.05) is 36.4 Å². The molecule has 1 N–H and O–H groups in total. The largest absolute Gasteiger partial charge is 0.465 e. The van der Waals surface area contributed by atoms with Crippen molar-refractivity contribution in [2.45, 2.75) is 32.7 Å². The zero-order chi connectivity index (χ0) is 28.2. The van der Waals surface area contributed by atoms with Crippen molar-refractivity contribution in [3.63, 3.8) is 0 Å². The highest BCUT2D eigenvalue weighted by molar-refractivity contribution is 8.07. The first-order valence-corrected chi connectivity index (χ1v) is 14.1. The molecule has 4 aromatic rings. The van der Waals surface area contributed by atoms with Crippen LogP contribution in [0, 0.1) is 0 Å². The molecule has 0 saturated carbocycles. The van der Waals surface area contributed by atoms with E-state index in [2.05, 4.69) is 16.2 Å². The zero-order valence-corrected chi connectivity index (χ0v) is 23.3. The van der Waals surface area contributed by atoms with Gasteiger partial charge in [0.1, 0.15) is 5.82 Å². The van der Waals surface area contributed by atoms with Crippen molar-refractivity contribution in [1.29, 1.82) is 0 Å². The molecule has 0 aliphatic carbocycles. The number of esters is 1. The molecule has 0 unspecified atom stereocenters. The molecule has 10 heteroatoms. The van der Waals surface area contributed by atoms with E-state index in [1.54, 1.807) is 30.3 Å². The molecule has 3 aromatic carbocycles. The van der Waals surface area contributed by atoms with Crippen LogP contribution in [-0.4, -0.2) is 55.3 Å². The number of nitrogens with zero attached hydrogens (tertiary/aromatic N) is 3. The first kappa shape index (κ1) is 27.8. The third-order valence-corrected chi connectivity index (χ3v) is 7.69. The van der Waals surface area contributed by atoms with Gasteiger partial charge in [-0.3, -0.25) is 9.52 Å². The second-order valence-electron chi connectivity index (χ2n) is 9.39. The molecule has 4 rings (SSSR count). The minimum absolute atomic E-state index is 0.311. The summed E-state index contributed by atoms with van der Waals surface area (Å²) in [5.74, 6) is 0.489. The normalized spacial score (nSPS) is 11.4. The lowest BCUT2D eigenvalue weighted by atomic mass is 10.0. The van der Waals surface area contributed by atoms with Gasteiger partial charge in [0.25, 0.3) is 0 Å². The molecule has 1 heterocycles. The molecule has 204 valence electrons. The Balaban J connectivity index is 1.69. The number of methoxy groups -OCH3 is 1. The molecule has 1 aromatic heterocycles. The third-order valence-electron chi connectivity index (χ3n) is 6.38. The van der Waals surface area contributed by atoms with Gasteiger partial charge in [-0.2, -0.15) is 8.42 Å². The smallest absolute Gasteiger partial charge is 0.359 e. The number of hydrogen-bond donors (Lipinski definition) is 1. The van der Waals surface area contributed by atoms with Crippen LogP contribution in [0.2, 0.25) is 0 Å². The predicted octanol–water partition coefficient (Wildman–Crippen LogP) is 5.30. The van der Waals surface area contributed by atoms with Gasteiger partial charge in [0.2, 0.25) is 0 Å². The Bertz CT molecular complexity index is 1610. The van der Waals surface area contributed by atoms with Gasteiger partial charge in [0, 0.05) is 32.6 Å². The maximum atomic E-state index is 12.5. The topological polar surface area (TPSA) is 111 Å². The van der Waals surface area contributed by atoms with Crippen LogP contribution in [0.3, 0.4) is 0 Å². The van der Waals surface area contributed by atoms with E-state index in [0.29, 0.717) is 23.4 Å². The average Bonchev–Trinajstić information content (AvgIpc) is 3.28. The summed E-state index contributed by atoms with van der Waals surface area (Å²) in [6.07, 6.45) is 2.77. The highest BCUT2D eigenvalue weighted by Crippen LogP contribution is 2.30. The van der Waals surface area contributed by atoms with Crippen molar-refractivity contribution in [3.8, 4) is 11.1 Å². The van der Waals surface area contributed by atoms with Gasteiger partial charge >= 0.3 is 21.2 Å². The Hall–Kier alpha value is -4.18. The number of benzene rings is 3. The molecule has 0 aliphatic heterocycles. The second kappa shape index (κ2) is 11.7. The summed E-state index contributed by atoms with van der Waals surface area (Å²) in [6.45, 7) is 2.62. The molecule has 1 amide bonds. The lowest BCUT2D eigenvalue weighted by Gasteiger charge is -2.15. The van der Waals surface area contributed by atoms with Gasteiger partial charge in [0.15, 0.2) is 0 Å². The first-order chi connectivity index (χ1) is 18.7. The molecule has 0 bridgehead atoms. The van der Waals surface area contributed by atoms with Gasteiger partial charge in [-0.15, -0.1) is 0 Å². The van der Waals surface area contributed by atoms with E-state index >= 15 is 0 Å². The van der Waals surface area contributed by atoms with Crippen LogP contribution in [0.15, 0.2) is 66.7 Å². The average molecular weight is 549 g/mol. The van der Waals surface area contributed by atoms with Crippen LogP contribution in [0.4, 0.5) is 10.5 Å². The van der Waals surface area contributed by atoms with Gasteiger partial charge in [0.05, 0.1) is 29.4 Å². The Morgan fingerprint density at radius 2 is 1.72 bits per heavy atom. The number of aryl methyl sites for hydroxylation is 1. The lowest BCUT2D eigenvalue weighted by Crippen LogP contribution is -2.33. The number of rotatable bonds is 9. The number of carbonyl (C=O) groups excluding carboxylic acids is 2. The molecule has 0 fully saturated rings. The van der Waals surface area contributed by atoms with Crippen molar-refractivity contribution in [3.05, 3.63) is 83.7 Å². The van der Waals surface area contributed by atoms with Crippen molar-refractivity contribution in [2.75, 3.05) is 25.9 Å². The molecular formula is C29H32N4O5S. The highest BCUT2D eigenvalue weighted by Gasteiger charge is 2.25. The van der Waals surface area contributed by atoms with Crippen LogP contribution < -0.4 is 4.72 Å². The summed E-state index contributed by atoms with van der Waals surface area (Å²) in [5, 5.41) is -1.02. The summed E-state index contributed by atoms with van der Waals surface area (Å²) >= 11 is 0. The van der Waals surface area contributed by atoms with Gasteiger partial charge in [-0.05, 0) is 35.7 Å². The van der Waals surface area contributed by atoms with E-state index in [1.165, 1.54) is 21.2 Å². The van der Waals surface area contributed by atoms with Crippen molar-refractivity contribution >= 4 is 38.0 Å². The lowest BCUT2D eigenvalue weighted by molar-refractivity contribution is 0.0602. The molecule has 0 radical (unpaired) electrons. The summed E-state index contributed by atoms with van der Waals surface area (Å²) in [6, 6.07) is 20.1. The van der Waals surface area contributed by atoms with Crippen LogP contribution in [0.1, 0.15) is 41.5 Å². The standard InChI is InChI=1S/C29H32N4O5S/c1-5-6-14-26-30-25-13-9-11-23(28(34)38-4)27(25)33(26)19-20-15-17-21(18-16-20)22-10-7-8-12-24(22)31-39(36,37)29(35)32(2)3/h7-13,15-18,31H,5-6,14,19H2,1-4H3. The minimum atomic E-state index is -4.24. The van der Waals surface area contributed by atoms with Gasteiger partial charge in [-0.25, -0.2) is 9.78 Å². The number of amides is 1. The summed E-state index contributed by atoms with van der Waals surface area (Å²) in [7, 11) is -0.103. The zero-order valence-electron chi connectivity index (χ0n) is 22.5. The van der Waals surface area contributed by atoms with Crippen molar-refractivity contribution < 1.29 is 22.7 Å². The summed E-state index contributed by atoms with van der Waals surface area (Å²) in [4.78, 5) is 30.5. The number of carbonyl (C=O) groups is 2. The Morgan fingerprint density at radius 3 is 2.38 bits per heavy atom. The molecule has 0 spiro atoms. The number of fused-ring (bicyclic) bond motifs is 1. The summed E-state index contributed by atoms with van der Waals surface area (Å²) in [5.41, 5.74) is 4.67. The van der Waals surface area contributed by atoms with E-state index < -0.39 is 21.2 Å². The van der Waals surface area contributed by atoms with Crippen LogP contribution in [0.5, 0.6) is 0 Å². The number of unbranched alkanes of at least 4 members (excludes halogenated alkanes) is 1. The molecule has 9 nitrogen and oxygen atoms in total. The quantitative estimate of drug-likeness (QED) is 0.284. The molecule has 0 aliphatic rings. The Kier molecular flexibility index (Phi) is 8.35. The Morgan fingerprint density at radius 1 is 1.00 bits per heavy atom. The van der Waals surface area contributed by atoms with Crippen LogP contribution in [0.25, 0.3) is 22.2 Å². The SMILES string of the molecule is CCCCc1nc2cccc(C(=O)OC)c2n1Cc1ccc(-c2ccccc2NS(=O)(=O)C(=O)N(C)C)cc1. The van der Waals surface area contributed by atoms with Crippen molar-refractivity contribution in [1.82, 2.24) is 14.5 Å². The van der Waals surface area contributed by atoms with E-state index in [-0.39, 0.29) is 0 Å². The second-order valence-corrected chi connectivity index (χ2v) is 11.0. The summed E-state index contributed by atoms with van der Waals surface area (Å²) < 4.78 is 34.6. The van der Waals surface area contributed by atoms with Crippen molar-refractivity contribution in [2.24, 2.45) is 0 Å². The Labute approximate surface area is 228 Å². The number of hydrogen-bond acceptors (Lipinski definition) is 6. The van der Waals surface area contributed by atoms with Gasteiger partial charge in [-0.1, -0.05) is 61.9 Å². The van der Waals surface area contributed by atoms with E-state index in [4.69, 9.17) is 9.72 Å². The number of anilines is 1. The number of para-hydroxylation sites is 2. The van der Waals surface area contributed by atoms with Gasteiger partial charge < -0.3 is 14.2 Å². The fourth-order valence-electron chi connectivity index (χ4n) is 4.43. The fraction of sp³-hybridized carbons (Fsp3) is 0.276. The van der Waals surface area contributed by atoms with Crippen LogP contribution >= 0.6 is 0 Å².